The quantitative estimate of drug-likeness (QED) is 0.817. The molecule has 0 N–H and O–H groups in total. The van der Waals surface area contributed by atoms with E-state index < -0.39 is 15.9 Å². The molecule has 0 spiro atoms. The molecular weight excluding hydrogens is 358 g/mol. The van der Waals surface area contributed by atoms with Gasteiger partial charge in [0.25, 0.3) is 5.91 Å². The molecule has 1 amide bonds. The van der Waals surface area contributed by atoms with Gasteiger partial charge in [0.15, 0.2) is 9.84 Å². The molecule has 0 saturated carbocycles. The normalized spacial score (nSPS) is 18.3. The van der Waals surface area contributed by atoms with E-state index in [9.17, 15) is 13.2 Å². The van der Waals surface area contributed by atoms with Crippen molar-refractivity contribution in [2.75, 3.05) is 10.7 Å². The standard InChI is InChI=1S/C19H18ClNO3S/c1-13-6-7-15(10-14(13)2)19(22)21(17-5-3-4-16(20)11-17)18-8-9-25(23,24)12-18/h3-11,18H,12H2,1-2H3. The van der Waals surface area contributed by atoms with E-state index >= 15 is 0 Å². The average molecular weight is 376 g/mol. The summed E-state index contributed by atoms with van der Waals surface area (Å²) in [6.07, 6.45) is 1.55. The van der Waals surface area contributed by atoms with E-state index in [1.54, 1.807) is 36.4 Å². The Labute approximate surface area is 152 Å². The van der Waals surface area contributed by atoms with Crippen LogP contribution in [0.5, 0.6) is 0 Å². The maximum Gasteiger partial charge on any atom is 0.258 e. The molecule has 0 bridgehead atoms. The molecule has 25 heavy (non-hydrogen) atoms. The second kappa shape index (κ2) is 6.65. The Morgan fingerprint density at radius 3 is 2.48 bits per heavy atom. The Balaban J connectivity index is 2.06. The fourth-order valence-electron chi connectivity index (χ4n) is 2.82. The van der Waals surface area contributed by atoms with Gasteiger partial charge in [0.05, 0.1) is 11.8 Å². The van der Waals surface area contributed by atoms with Crippen LogP contribution in [-0.2, 0) is 9.84 Å². The van der Waals surface area contributed by atoms with Crippen LogP contribution < -0.4 is 4.90 Å². The third-order valence-electron chi connectivity index (χ3n) is 4.30. The molecule has 0 aliphatic carbocycles. The first-order valence-corrected chi connectivity index (χ1v) is 9.93. The van der Waals surface area contributed by atoms with Crippen molar-refractivity contribution < 1.29 is 13.2 Å². The lowest BCUT2D eigenvalue weighted by Crippen LogP contribution is -2.41. The summed E-state index contributed by atoms with van der Waals surface area (Å²) >= 11 is 6.07. The van der Waals surface area contributed by atoms with Crippen molar-refractivity contribution in [2.24, 2.45) is 0 Å². The number of benzene rings is 2. The first-order chi connectivity index (χ1) is 11.8. The van der Waals surface area contributed by atoms with Crippen LogP contribution in [-0.4, -0.2) is 26.1 Å². The van der Waals surface area contributed by atoms with Crippen LogP contribution in [0.2, 0.25) is 5.02 Å². The molecule has 130 valence electrons. The molecule has 0 radical (unpaired) electrons. The van der Waals surface area contributed by atoms with Gasteiger partial charge in [-0.05, 0) is 61.4 Å². The number of anilines is 1. The summed E-state index contributed by atoms with van der Waals surface area (Å²) in [6, 6.07) is 11.8. The second-order valence-electron chi connectivity index (χ2n) is 6.18. The molecule has 1 atom stereocenters. The van der Waals surface area contributed by atoms with E-state index in [0.29, 0.717) is 16.3 Å². The Morgan fingerprint density at radius 2 is 1.88 bits per heavy atom. The van der Waals surface area contributed by atoms with Gasteiger partial charge in [-0.3, -0.25) is 4.79 Å². The molecule has 1 aliphatic rings. The fraction of sp³-hybridized carbons (Fsp3) is 0.211. The minimum Gasteiger partial charge on any atom is -0.300 e. The molecule has 0 aromatic heterocycles. The van der Waals surface area contributed by atoms with Gasteiger partial charge in [-0.1, -0.05) is 23.7 Å². The van der Waals surface area contributed by atoms with Gasteiger partial charge >= 0.3 is 0 Å². The fourth-order valence-corrected chi connectivity index (χ4v) is 4.27. The maximum atomic E-state index is 13.2. The molecule has 1 unspecified atom stereocenters. The van der Waals surface area contributed by atoms with Crippen LogP contribution in [0.1, 0.15) is 21.5 Å². The number of rotatable bonds is 3. The molecule has 2 aromatic rings. The van der Waals surface area contributed by atoms with Crippen molar-refractivity contribution in [1.29, 1.82) is 0 Å². The number of amides is 1. The lowest BCUT2D eigenvalue weighted by molar-refractivity contribution is 0.0983. The summed E-state index contributed by atoms with van der Waals surface area (Å²) < 4.78 is 23.7. The van der Waals surface area contributed by atoms with Gasteiger partial charge < -0.3 is 4.90 Å². The van der Waals surface area contributed by atoms with E-state index in [0.717, 1.165) is 11.1 Å². The molecule has 1 aliphatic heterocycles. The van der Waals surface area contributed by atoms with Crippen molar-refractivity contribution in [3.63, 3.8) is 0 Å². The Kier molecular flexibility index (Phi) is 4.71. The molecule has 6 heteroatoms. The predicted molar refractivity (Wildman–Crippen MR) is 101 cm³/mol. The number of carbonyl (C=O) groups is 1. The molecule has 0 fully saturated rings. The lowest BCUT2D eigenvalue weighted by atomic mass is 10.0. The van der Waals surface area contributed by atoms with Crippen LogP contribution in [0.25, 0.3) is 0 Å². The summed E-state index contributed by atoms with van der Waals surface area (Å²) in [6.45, 7) is 3.92. The number of aryl methyl sites for hydroxylation is 2. The van der Waals surface area contributed by atoms with Crippen molar-refractivity contribution >= 4 is 33.0 Å². The third kappa shape index (κ3) is 3.78. The van der Waals surface area contributed by atoms with Crippen molar-refractivity contribution in [2.45, 2.75) is 19.9 Å². The maximum absolute atomic E-state index is 13.2. The average Bonchev–Trinajstić information content (AvgIpc) is 2.90. The zero-order valence-corrected chi connectivity index (χ0v) is 15.5. The monoisotopic (exact) mass is 375 g/mol. The van der Waals surface area contributed by atoms with Crippen LogP contribution >= 0.6 is 11.6 Å². The molecule has 4 nitrogen and oxygen atoms in total. The highest BCUT2D eigenvalue weighted by atomic mass is 35.5. The number of hydrogen-bond acceptors (Lipinski definition) is 3. The van der Waals surface area contributed by atoms with Crippen LogP contribution in [0.3, 0.4) is 0 Å². The molecule has 3 rings (SSSR count). The summed E-state index contributed by atoms with van der Waals surface area (Å²) in [5.41, 5.74) is 3.18. The van der Waals surface area contributed by atoms with Crippen LogP contribution in [0, 0.1) is 13.8 Å². The van der Waals surface area contributed by atoms with Gasteiger partial charge in [0, 0.05) is 21.7 Å². The first kappa shape index (κ1) is 17.7. The first-order valence-electron chi connectivity index (χ1n) is 7.84. The molecule has 0 saturated heterocycles. The second-order valence-corrected chi connectivity index (χ2v) is 8.55. The number of sulfone groups is 1. The lowest BCUT2D eigenvalue weighted by Gasteiger charge is -2.28. The van der Waals surface area contributed by atoms with Crippen LogP contribution in [0.4, 0.5) is 5.69 Å². The number of hydrogen-bond donors (Lipinski definition) is 0. The zero-order chi connectivity index (χ0) is 18.2. The van der Waals surface area contributed by atoms with Gasteiger partial charge in [0.1, 0.15) is 0 Å². The minimum absolute atomic E-state index is 0.129. The number of halogens is 1. The third-order valence-corrected chi connectivity index (χ3v) is 5.91. The largest absolute Gasteiger partial charge is 0.300 e. The van der Waals surface area contributed by atoms with Crippen molar-refractivity contribution in [3.05, 3.63) is 75.7 Å². The molecule has 1 heterocycles. The van der Waals surface area contributed by atoms with E-state index in [-0.39, 0.29) is 11.7 Å². The predicted octanol–water partition coefficient (Wildman–Crippen LogP) is 3.91. The smallest absolute Gasteiger partial charge is 0.258 e. The highest BCUT2D eigenvalue weighted by Gasteiger charge is 2.32. The van der Waals surface area contributed by atoms with Crippen molar-refractivity contribution in [3.8, 4) is 0 Å². The van der Waals surface area contributed by atoms with Gasteiger partial charge in [-0.15, -0.1) is 0 Å². The SMILES string of the molecule is Cc1ccc(C(=O)N(c2cccc(Cl)c2)C2C=CS(=O)(=O)C2)cc1C. The van der Waals surface area contributed by atoms with Crippen LogP contribution in [0.15, 0.2) is 53.9 Å². The zero-order valence-electron chi connectivity index (χ0n) is 13.9. The topological polar surface area (TPSA) is 54.5 Å². The van der Waals surface area contributed by atoms with Crippen molar-refractivity contribution in [1.82, 2.24) is 0 Å². The van der Waals surface area contributed by atoms with E-state index in [1.165, 1.54) is 10.3 Å². The Morgan fingerprint density at radius 1 is 1.12 bits per heavy atom. The number of nitrogens with zero attached hydrogens (tertiary/aromatic N) is 1. The highest BCUT2D eigenvalue weighted by Crippen LogP contribution is 2.27. The van der Waals surface area contributed by atoms with Gasteiger partial charge in [0.2, 0.25) is 0 Å². The van der Waals surface area contributed by atoms with E-state index in [4.69, 9.17) is 11.6 Å². The molecular formula is C19H18ClNO3S. The summed E-state index contributed by atoms with van der Waals surface area (Å²) in [4.78, 5) is 14.7. The van der Waals surface area contributed by atoms with E-state index in [1.807, 2.05) is 26.0 Å². The Hall–Kier alpha value is -2.11. The van der Waals surface area contributed by atoms with E-state index in [2.05, 4.69) is 0 Å². The summed E-state index contributed by atoms with van der Waals surface area (Å²) in [5.74, 6) is -0.382. The minimum atomic E-state index is -3.30. The molecule has 2 aromatic carbocycles. The summed E-state index contributed by atoms with van der Waals surface area (Å²) in [5, 5.41) is 1.66. The van der Waals surface area contributed by atoms with Gasteiger partial charge in [-0.2, -0.15) is 0 Å². The van der Waals surface area contributed by atoms with Gasteiger partial charge in [-0.25, -0.2) is 8.42 Å². The highest BCUT2D eigenvalue weighted by molar-refractivity contribution is 7.94. The number of carbonyl (C=O) groups excluding carboxylic acids is 1. The Bertz CT molecular complexity index is 966. The summed E-state index contributed by atoms with van der Waals surface area (Å²) in [7, 11) is -3.30.